The minimum absolute atomic E-state index is 0.260. The van der Waals surface area contributed by atoms with Gasteiger partial charge in [0.25, 0.3) is 0 Å². The molecule has 2 aromatic rings. The molecule has 2 heterocycles. The minimum atomic E-state index is 0.260. The van der Waals surface area contributed by atoms with Crippen molar-refractivity contribution in [3.63, 3.8) is 0 Å². The maximum Gasteiger partial charge on any atom is 0.139 e. The molecule has 3 heteroatoms. The molecule has 0 bridgehead atoms. The molecular weight excluding hydrogens is 269 g/mol. The lowest BCUT2D eigenvalue weighted by molar-refractivity contribution is 0.130. The fourth-order valence-electron chi connectivity index (χ4n) is 3.88. The van der Waals surface area contributed by atoms with E-state index in [2.05, 4.69) is 61.3 Å². The quantitative estimate of drug-likeness (QED) is 0.783. The van der Waals surface area contributed by atoms with E-state index in [0.29, 0.717) is 0 Å². The predicted molar refractivity (Wildman–Crippen MR) is 92.7 cm³/mol. The summed E-state index contributed by atoms with van der Waals surface area (Å²) in [6.07, 6.45) is 2.41. The molecule has 0 radical (unpaired) electrons. The molecule has 2 aliphatic rings. The molecule has 2 nitrogen and oxygen atoms in total. The Morgan fingerprint density at radius 1 is 1.05 bits per heavy atom. The smallest absolute Gasteiger partial charge is 0.139 e. The predicted octanol–water partition coefficient (Wildman–Crippen LogP) is 1.87. The van der Waals surface area contributed by atoms with Crippen molar-refractivity contribution in [1.29, 1.82) is 0 Å². The number of nitrogens with zero attached hydrogens (tertiary/aromatic N) is 1. The van der Waals surface area contributed by atoms with Crippen LogP contribution in [0.4, 0.5) is 0 Å². The van der Waals surface area contributed by atoms with Crippen molar-refractivity contribution in [3.05, 3.63) is 59.7 Å². The first-order valence-electron chi connectivity index (χ1n) is 8.25. The maximum atomic E-state index is 6.01. The Labute approximate surface area is 133 Å². The van der Waals surface area contributed by atoms with E-state index in [1.807, 2.05) is 0 Å². The van der Waals surface area contributed by atoms with Crippen LogP contribution in [0.5, 0.6) is 5.75 Å². The molecular formula is C19H22BNO. The van der Waals surface area contributed by atoms with Crippen molar-refractivity contribution in [2.45, 2.75) is 24.8 Å². The number of fused-ring (bicyclic) bond motifs is 2. The minimum Gasteiger partial charge on any atom is -0.492 e. The van der Waals surface area contributed by atoms with Crippen LogP contribution in [-0.4, -0.2) is 32.4 Å². The van der Waals surface area contributed by atoms with Crippen LogP contribution in [0.1, 0.15) is 24.0 Å². The second-order valence-electron chi connectivity index (χ2n) is 6.83. The van der Waals surface area contributed by atoms with E-state index in [1.54, 1.807) is 0 Å². The third-order valence-corrected chi connectivity index (χ3v) is 5.27. The number of hydrogen-bond donors (Lipinski definition) is 0. The molecule has 1 fully saturated rings. The van der Waals surface area contributed by atoms with E-state index in [-0.39, 0.29) is 5.41 Å². The largest absolute Gasteiger partial charge is 0.492 e. The monoisotopic (exact) mass is 291 g/mol. The van der Waals surface area contributed by atoms with Crippen molar-refractivity contribution >= 4 is 13.3 Å². The topological polar surface area (TPSA) is 12.5 Å². The number of likely N-dealkylation sites (tertiary alicyclic amines) is 1. The summed E-state index contributed by atoms with van der Waals surface area (Å²) in [4.78, 5) is 2.58. The molecule has 2 aliphatic heterocycles. The molecule has 0 unspecified atom stereocenters. The molecule has 112 valence electrons. The normalized spacial score (nSPS) is 19.8. The highest BCUT2D eigenvalue weighted by atomic mass is 16.5. The highest BCUT2D eigenvalue weighted by Crippen LogP contribution is 2.45. The van der Waals surface area contributed by atoms with E-state index >= 15 is 0 Å². The van der Waals surface area contributed by atoms with Gasteiger partial charge in [0.1, 0.15) is 13.6 Å². The molecule has 0 atom stereocenters. The first kappa shape index (κ1) is 13.9. The van der Waals surface area contributed by atoms with Gasteiger partial charge >= 0.3 is 0 Å². The lowest BCUT2D eigenvalue weighted by Gasteiger charge is -2.38. The molecule has 1 saturated heterocycles. The molecule has 2 aromatic carbocycles. The third kappa shape index (κ3) is 2.44. The summed E-state index contributed by atoms with van der Waals surface area (Å²) in [6, 6.07) is 17.5. The molecule has 4 rings (SSSR count). The van der Waals surface area contributed by atoms with Crippen LogP contribution in [0.15, 0.2) is 48.5 Å². The summed E-state index contributed by atoms with van der Waals surface area (Å²) in [6.45, 7) is 4.25. The number of hydrogen-bond acceptors (Lipinski definition) is 2. The lowest BCUT2D eigenvalue weighted by atomic mass is 9.74. The van der Waals surface area contributed by atoms with Crippen LogP contribution >= 0.6 is 0 Å². The summed E-state index contributed by atoms with van der Waals surface area (Å²) < 4.78 is 6.01. The Kier molecular flexibility index (Phi) is 3.46. The van der Waals surface area contributed by atoms with Crippen LogP contribution in [0.25, 0.3) is 0 Å². The van der Waals surface area contributed by atoms with Crippen molar-refractivity contribution < 1.29 is 4.74 Å². The SMILES string of the molecule is Bc1ccc2c(c1)OCC21CCN(Cc2ccccc2)CC1. The van der Waals surface area contributed by atoms with Crippen LogP contribution in [0.3, 0.4) is 0 Å². The van der Waals surface area contributed by atoms with Crippen LogP contribution in [-0.2, 0) is 12.0 Å². The maximum absolute atomic E-state index is 6.01. The van der Waals surface area contributed by atoms with Crippen LogP contribution in [0.2, 0.25) is 0 Å². The van der Waals surface area contributed by atoms with E-state index in [1.165, 1.54) is 29.4 Å². The Morgan fingerprint density at radius 2 is 1.82 bits per heavy atom. The molecule has 0 saturated carbocycles. The Balaban J connectivity index is 1.47. The van der Waals surface area contributed by atoms with E-state index in [9.17, 15) is 0 Å². The third-order valence-electron chi connectivity index (χ3n) is 5.27. The molecule has 1 spiro atoms. The Morgan fingerprint density at radius 3 is 2.59 bits per heavy atom. The zero-order valence-electron chi connectivity index (χ0n) is 13.2. The fourth-order valence-corrected chi connectivity index (χ4v) is 3.88. The molecule has 0 N–H and O–H groups in total. The van der Waals surface area contributed by atoms with Gasteiger partial charge in [-0.1, -0.05) is 47.9 Å². The van der Waals surface area contributed by atoms with Crippen molar-refractivity contribution in [3.8, 4) is 5.75 Å². The second kappa shape index (κ2) is 5.47. The van der Waals surface area contributed by atoms with Gasteiger partial charge in [0, 0.05) is 17.5 Å². The van der Waals surface area contributed by atoms with Crippen molar-refractivity contribution in [1.82, 2.24) is 4.90 Å². The van der Waals surface area contributed by atoms with Crippen molar-refractivity contribution in [2.75, 3.05) is 19.7 Å². The summed E-state index contributed by atoms with van der Waals surface area (Å²) >= 11 is 0. The zero-order chi connectivity index (χ0) is 15.0. The molecule has 0 amide bonds. The molecule has 0 aromatic heterocycles. The summed E-state index contributed by atoms with van der Waals surface area (Å²) in [5.41, 5.74) is 4.41. The number of rotatable bonds is 2. The average molecular weight is 291 g/mol. The van der Waals surface area contributed by atoms with Crippen LogP contribution < -0.4 is 10.2 Å². The van der Waals surface area contributed by atoms with E-state index in [4.69, 9.17) is 4.74 Å². The van der Waals surface area contributed by atoms with E-state index in [0.717, 1.165) is 32.0 Å². The van der Waals surface area contributed by atoms with Gasteiger partial charge in [-0.25, -0.2) is 0 Å². The number of piperidine rings is 1. The van der Waals surface area contributed by atoms with Crippen molar-refractivity contribution in [2.24, 2.45) is 0 Å². The summed E-state index contributed by atoms with van der Waals surface area (Å²) in [5.74, 6) is 1.12. The highest BCUT2D eigenvalue weighted by Gasteiger charge is 2.42. The summed E-state index contributed by atoms with van der Waals surface area (Å²) in [5, 5.41) is 0. The molecule has 0 aliphatic carbocycles. The lowest BCUT2D eigenvalue weighted by Crippen LogP contribution is -2.43. The van der Waals surface area contributed by atoms with E-state index < -0.39 is 0 Å². The second-order valence-corrected chi connectivity index (χ2v) is 6.83. The Hall–Kier alpha value is -1.74. The van der Waals surface area contributed by atoms with Gasteiger partial charge in [-0.3, -0.25) is 4.90 Å². The van der Waals surface area contributed by atoms with Gasteiger partial charge in [-0.15, -0.1) is 0 Å². The van der Waals surface area contributed by atoms with Gasteiger partial charge in [-0.05, 0) is 37.6 Å². The average Bonchev–Trinajstić information content (AvgIpc) is 2.89. The Bertz CT molecular complexity index is 662. The number of benzene rings is 2. The van der Waals surface area contributed by atoms with Gasteiger partial charge in [-0.2, -0.15) is 0 Å². The van der Waals surface area contributed by atoms with Gasteiger partial charge in [0.2, 0.25) is 0 Å². The van der Waals surface area contributed by atoms with Gasteiger partial charge < -0.3 is 4.74 Å². The molecule has 22 heavy (non-hydrogen) atoms. The number of ether oxygens (including phenoxy) is 1. The van der Waals surface area contributed by atoms with Gasteiger partial charge in [0.05, 0.1) is 6.61 Å². The zero-order valence-corrected chi connectivity index (χ0v) is 13.2. The first-order chi connectivity index (χ1) is 10.8. The summed E-state index contributed by atoms with van der Waals surface area (Å²) in [7, 11) is 2.14. The first-order valence-corrected chi connectivity index (χ1v) is 8.25. The highest BCUT2D eigenvalue weighted by molar-refractivity contribution is 6.32. The van der Waals surface area contributed by atoms with Gasteiger partial charge in [0.15, 0.2) is 0 Å². The van der Waals surface area contributed by atoms with Crippen LogP contribution in [0, 0.1) is 0 Å². The fraction of sp³-hybridized carbons (Fsp3) is 0.368. The standard InChI is InChI=1S/C19H22BNO/c20-16-6-7-17-18(12-16)22-14-19(17)8-10-21(11-9-19)13-15-4-2-1-3-5-15/h1-7,12H,8-11,13-14,20H2.